The van der Waals surface area contributed by atoms with E-state index in [4.69, 9.17) is 17.3 Å². The number of nitrogens with zero attached hydrogens (tertiary/aromatic N) is 2. The van der Waals surface area contributed by atoms with Gasteiger partial charge < -0.3 is 16.0 Å². The first-order chi connectivity index (χ1) is 11.9. The number of carbonyl (C=O) groups excluding carboxylic acids is 1. The number of nitrogen functional groups attached to an aromatic ring is 1. The second kappa shape index (κ2) is 7.39. The summed E-state index contributed by atoms with van der Waals surface area (Å²) in [6, 6.07) is 9.51. The molecule has 1 amide bonds. The highest BCUT2D eigenvalue weighted by molar-refractivity contribution is 7.14. The molecule has 0 radical (unpaired) electrons. The number of nitrogens with one attached hydrogen (secondary N) is 1. The molecule has 0 unspecified atom stereocenters. The number of benzene rings is 1. The van der Waals surface area contributed by atoms with Crippen molar-refractivity contribution in [1.82, 2.24) is 15.2 Å². The molecular weight excluding hydrogens is 356 g/mol. The van der Waals surface area contributed by atoms with Crippen LogP contribution in [0, 0.1) is 0 Å². The molecule has 0 aliphatic heterocycles. The molecule has 2 heterocycles. The predicted octanol–water partition coefficient (Wildman–Crippen LogP) is 3.52. The van der Waals surface area contributed by atoms with E-state index in [9.17, 15) is 4.79 Å². The Balaban J connectivity index is 1.70. The number of halogens is 1. The van der Waals surface area contributed by atoms with Crippen LogP contribution in [0.2, 0.25) is 5.02 Å². The Morgan fingerprint density at radius 3 is 2.88 bits per heavy atom. The van der Waals surface area contributed by atoms with Crippen LogP contribution in [-0.2, 0) is 13.1 Å². The smallest absolute Gasteiger partial charge is 0.261 e. The van der Waals surface area contributed by atoms with Gasteiger partial charge in [-0.2, -0.15) is 0 Å². The van der Waals surface area contributed by atoms with Gasteiger partial charge in [-0.25, -0.2) is 4.98 Å². The number of rotatable bonds is 5. The summed E-state index contributed by atoms with van der Waals surface area (Å²) in [5.74, 6) is 0.390. The van der Waals surface area contributed by atoms with Gasteiger partial charge in [0.2, 0.25) is 0 Å². The van der Waals surface area contributed by atoms with Crippen molar-refractivity contribution in [1.29, 1.82) is 0 Å². The summed E-state index contributed by atoms with van der Waals surface area (Å²) in [7, 11) is 3.94. The lowest BCUT2D eigenvalue weighted by Gasteiger charge is -2.07. The highest BCUT2D eigenvalue weighted by Crippen LogP contribution is 2.28. The number of hydrogen-bond acceptors (Lipinski definition) is 5. The topological polar surface area (TPSA) is 71.2 Å². The minimum absolute atomic E-state index is 0.119. The van der Waals surface area contributed by atoms with Crippen LogP contribution in [0.5, 0.6) is 0 Å². The molecule has 2 aromatic heterocycles. The average Bonchev–Trinajstić information content (AvgIpc) is 2.93. The van der Waals surface area contributed by atoms with Crippen molar-refractivity contribution in [3.05, 3.63) is 56.9 Å². The first kappa shape index (κ1) is 17.7. The SMILES string of the molecule is CN(C)Cc1sc(C(=O)NCc2ccc3c(N)nccc3c2)cc1Cl. The van der Waals surface area contributed by atoms with Crippen LogP contribution in [0.15, 0.2) is 36.5 Å². The zero-order valence-corrected chi connectivity index (χ0v) is 15.6. The molecule has 5 nitrogen and oxygen atoms in total. The molecule has 1 aromatic carbocycles. The molecule has 0 saturated heterocycles. The minimum atomic E-state index is -0.119. The minimum Gasteiger partial charge on any atom is -0.383 e. The van der Waals surface area contributed by atoms with E-state index in [-0.39, 0.29) is 5.91 Å². The molecule has 7 heteroatoms. The molecule has 0 aliphatic carbocycles. The van der Waals surface area contributed by atoms with E-state index in [1.54, 1.807) is 12.3 Å². The summed E-state index contributed by atoms with van der Waals surface area (Å²) < 4.78 is 0. The number of hydrogen-bond donors (Lipinski definition) is 2. The Bertz CT molecular complexity index is 923. The van der Waals surface area contributed by atoms with Crippen molar-refractivity contribution in [3.63, 3.8) is 0 Å². The monoisotopic (exact) mass is 374 g/mol. The third-order valence-corrected chi connectivity index (χ3v) is 5.32. The lowest BCUT2D eigenvalue weighted by Crippen LogP contribution is -2.21. The van der Waals surface area contributed by atoms with Crippen LogP contribution in [-0.4, -0.2) is 29.9 Å². The van der Waals surface area contributed by atoms with Crippen molar-refractivity contribution in [2.75, 3.05) is 19.8 Å². The number of thiophene rings is 1. The van der Waals surface area contributed by atoms with Gasteiger partial charge in [0.1, 0.15) is 5.82 Å². The standard InChI is InChI=1S/C18H19ClN4OS/c1-23(2)10-16-14(19)8-15(25-16)18(24)22-9-11-3-4-13-12(7-11)5-6-21-17(13)20/h3-8H,9-10H2,1-2H3,(H2,20,21)(H,22,24). The summed E-state index contributed by atoms with van der Waals surface area (Å²) >= 11 is 7.64. The molecule has 0 saturated carbocycles. The van der Waals surface area contributed by atoms with Crippen molar-refractivity contribution in [2.24, 2.45) is 0 Å². The maximum absolute atomic E-state index is 12.4. The second-order valence-electron chi connectivity index (χ2n) is 6.05. The Hall–Kier alpha value is -2.15. The van der Waals surface area contributed by atoms with E-state index in [1.165, 1.54) is 11.3 Å². The fourth-order valence-corrected chi connectivity index (χ4v) is 3.98. The van der Waals surface area contributed by atoms with E-state index >= 15 is 0 Å². The van der Waals surface area contributed by atoms with Crippen LogP contribution in [0.3, 0.4) is 0 Å². The summed E-state index contributed by atoms with van der Waals surface area (Å²) in [5.41, 5.74) is 6.86. The molecular formula is C18H19ClN4OS. The highest BCUT2D eigenvalue weighted by Gasteiger charge is 2.14. The second-order valence-corrected chi connectivity index (χ2v) is 7.60. The number of carbonyl (C=O) groups is 1. The lowest BCUT2D eigenvalue weighted by molar-refractivity contribution is 0.0955. The summed E-state index contributed by atoms with van der Waals surface area (Å²) in [6.45, 7) is 1.16. The molecule has 130 valence electrons. The first-order valence-corrected chi connectivity index (χ1v) is 8.98. The van der Waals surface area contributed by atoms with E-state index < -0.39 is 0 Å². The molecule has 0 atom stereocenters. The average molecular weight is 375 g/mol. The van der Waals surface area contributed by atoms with Crippen LogP contribution < -0.4 is 11.1 Å². The van der Waals surface area contributed by atoms with Crippen LogP contribution >= 0.6 is 22.9 Å². The van der Waals surface area contributed by atoms with Crippen LogP contribution in [0.1, 0.15) is 20.1 Å². The third-order valence-electron chi connectivity index (χ3n) is 3.75. The number of aromatic nitrogens is 1. The Morgan fingerprint density at radius 2 is 2.12 bits per heavy atom. The number of pyridine rings is 1. The first-order valence-electron chi connectivity index (χ1n) is 7.78. The van der Waals surface area contributed by atoms with Crippen molar-refractivity contribution >= 4 is 45.4 Å². The Morgan fingerprint density at radius 1 is 1.32 bits per heavy atom. The fourth-order valence-electron chi connectivity index (χ4n) is 2.54. The van der Waals surface area contributed by atoms with Gasteiger partial charge in [0.05, 0.1) is 9.90 Å². The van der Waals surface area contributed by atoms with Crippen molar-refractivity contribution in [3.8, 4) is 0 Å². The van der Waals surface area contributed by atoms with Crippen LogP contribution in [0.4, 0.5) is 5.82 Å². The molecule has 0 aliphatic rings. The quantitative estimate of drug-likeness (QED) is 0.716. The summed E-state index contributed by atoms with van der Waals surface area (Å²) in [4.78, 5) is 20.1. The maximum atomic E-state index is 12.4. The molecule has 0 bridgehead atoms. The van der Waals surface area contributed by atoms with Crippen LogP contribution in [0.25, 0.3) is 10.8 Å². The van der Waals surface area contributed by atoms with Gasteiger partial charge in [-0.1, -0.05) is 23.7 Å². The van der Waals surface area contributed by atoms with Gasteiger partial charge in [0, 0.05) is 29.5 Å². The van der Waals surface area contributed by atoms with E-state index in [2.05, 4.69) is 10.3 Å². The summed E-state index contributed by atoms with van der Waals surface area (Å²) in [6.07, 6.45) is 1.68. The Kier molecular flexibility index (Phi) is 5.22. The van der Waals surface area contributed by atoms with Gasteiger partial charge in [-0.05, 0) is 43.2 Å². The van der Waals surface area contributed by atoms with Gasteiger partial charge in [0.15, 0.2) is 0 Å². The van der Waals surface area contributed by atoms with Gasteiger partial charge in [-0.3, -0.25) is 4.79 Å². The van der Waals surface area contributed by atoms with E-state index in [0.717, 1.165) is 27.8 Å². The predicted molar refractivity (Wildman–Crippen MR) is 104 cm³/mol. The van der Waals surface area contributed by atoms with Gasteiger partial charge >= 0.3 is 0 Å². The number of amides is 1. The fraction of sp³-hybridized carbons (Fsp3) is 0.222. The molecule has 0 spiro atoms. The highest BCUT2D eigenvalue weighted by atomic mass is 35.5. The van der Waals surface area contributed by atoms with Gasteiger partial charge in [0.25, 0.3) is 5.91 Å². The van der Waals surface area contributed by atoms with Crippen molar-refractivity contribution < 1.29 is 4.79 Å². The molecule has 3 rings (SSSR count). The van der Waals surface area contributed by atoms with E-state index in [1.807, 2.05) is 43.3 Å². The van der Waals surface area contributed by atoms with Gasteiger partial charge in [-0.15, -0.1) is 11.3 Å². The molecule has 3 N–H and O–H groups in total. The van der Waals surface area contributed by atoms with Crippen molar-refractivity contribution in [2.45, 2.75) is 13.1 Å². The molecule has 25 heavy (non-hydrogen) atoms. The lowest BCUT2D eigenvalue weighted by atomic mass is 10.1. The third kappa shape index (κ3) is 4.10. The molecule has 3 aromatic rings. The maximum Gasteiger partial charge on any atom is 0.261 e. The number of nitrogens with two attached hydrogens (primary N) is 1. The molecule has 0 fully saturated rings. The zero-order valence-electron chi connectivity index (χ0n) is 14.0. The largest absolute Gasteiger partial charge is 0.383 e. The number of anilines is 1. The number of fused-ring (bicyclic) bond motifs is 1. The summed E-state index contributed by atoms with van der Waals surface area (Å²) in [5, 5.41) is 5.50. The normalized spacial score (nSPS) is 11.2. The van der Waals surface area contributed by atoms with E-state index in [0.29, 0.717) is 22.3 Å². The Labute approximate surface area is 155 Å². The zero-order chi connectivity index (χ0) is 18.0.